The van der Waals surface area contributed by atoms with Crippen molar-refractivity contribution in [2.24, 2.45) is 10.2 Å². The van der Waals surface area contributed by atoms with Crippen LogP contribution in [0.5, 0.6) is 5.75 Å². The van der Waals surface area contributed by atoms with Gasteiger partial charge in [0.2, 0.25) is 0 Å². The minimum absolute atomic E-state index is 0.00423. The predicted octanol–water partition coefficient (Wildman–Crippen LogP) is 4.52. The molecule has 0 amide bonds. The molecule has 0 aromatic heterocycles. The van der Waals surface area contributed by atoms with E-state index >= 15 is 0 Å². The van der Waals surface area contributed by atoms with E-state index in [1.54, 1.807) is 31.2 Å². The van der Waals surface area contributed by atoms with E-state index in [4.69, 9.17) is 0 Å². The third kappa shape index (κ3) is 3.12. The zero-order valence-electron chi connectivity index (χ0n) is 12.7. The zero-order chi connectivity index (χ0) is 17.3. The molecular weight excluding hydrogens is 328 g/mol. The van der Waals surface area contributed by atoms with Gasteiger partial charge in [0.15, 0.2) is 0 Å². The first-order chi connectivity index (χ1) is 11.4. The molecule has 0 fully saturated rings. The van der Waals surface area contributed by atoms with Crippen LogP contribution < -0.4 is 0 Å². The van der Waals surface area contributed by atoms with E-state index in [9.17, 15) is 18.1 Å². The van der Waals surface area contributed by atoms with Crippen molar-refractivity contribution in [3.8, 4) is 5.75 Å². The summed E-state index contributed by atoms with van der Waals surface area (Å²) in [6.07, 6.45) is 0. The average Bonchev–Trinajstić information content (AvgIpc) is 2.54. The van der Waals surface area contributed by atoms with E-state index in [0.717, 1.165) is 5.39 Å². The molecule has 0 saturated heterocycles. The maximum absolute atomic E-state index is 11.5. The van der Waals surface area contributed by atoms with Crippen LogP contribution in [0.1, 0.15) is 5.56 Å². The Labute approximate surface area is 138 Å². The summed E-state index contributed by atoms with van der Waals surface area (Å²) in [5.41, 5.74) is 0.889. The molecule has 0 unspecified atom stereocenters. The van der Waals surface area contributed by atoms with Crippen LogP contribution >= 0.6 is 0 Å². The van der Waals surface area contributed by atoms with E-state index < -0.39 is 10.1 Å². The zero-order valence-corrected chi connectivity index (χ0v) is 13.5. The Kier molecular flexibility index (Phi) is 4.04. The Hall–Kier alpha value is -2.77. The molecule has 0 bridgehead atoms. The van der Waals surface area contributed by atoms with Crippen LogP contribution in [0, 0.1) is 6.92 Å². The monoisotopic (exact) mass is 342 g/mol. The molecule has 24 heavy (non-hydrogen) atoms. The molecule has 0 atom stereocenters. The Morgan fingerprint density at radius 1 is 0.958 bits per heavy atom. The van der Waals surface area contributed by atoms with Gasteiger partial charge in [-0.15, -0.1) is 10.2 Å². The van der Waals surface area contributed by atoms with Gasteiger partial charge in [0.1, 0.15) is 22.0 Å². The highest BCUT2D eigenvalue weighted by molar-refractivity contribution is 7.86. The Balaban J connectivity index is 2.15. The Morgan fingerprint density at radius 3 is 2.46 bits per heavy atom. The van der Waals surface area contributed by atoms with E-state index in [1.165, 1.54) is 18.2 Å². The van der Waals surface area contributed by atoms with Gasteiger partial charge in [0.05, 0.1) is 0 Å². The number of rotatable bonds is 3. The van der Waals surface area contributed by atoms with Crippen molar-refractivity contribution in [1.29, 1.82) is 0 Å². The molecule has 3 aromatic carbocycles. The van der Waals surface area contributed by atoms with E-state index in [1.807, 2.05) is 12.1 Å². The first kappa shape index (κ1) is 16.1. The van der Waals surface area contributed by atoms with Crippen molar-refractivity contribution in [1.82, 2.24) is 0 Å². The number of phenols is 1. The fourth-order valence-corrected chi connectivity index (χ4v) is 3.07. The second-order valence-corrected chi connectivity index (χ2v) is 6.69. The van der Waals surface area contributed by atoms with Crippen LogP contribution in [0.4, 0.5) is 11.4 Å². The molecule has 3 rings (SSSR count). The number of hydrogen-bond donors (Lipinski definition) is 2. The van der Waals surface area contributed by atoms with Crippen LogP contribution in [-0.2, 0) is 10.1 Å². The summed E-state index contributed by atoms with van der Waals surface area (Å²) in [5.74, 6) is -0.0713. The van der Waals surface area contributed by atoms with Crippen LogP contribution in [-0.4, -0.2) is 18.1 Å². The lowest BCUT2D eigenvalue weighted by Crippen LogP contribution is -1.98. The summed E-state index contributed by atoms with van der Waals surface area (Å²) in [5, 5.41) is 19.5. The summed E-state index contributed by atoms with van der Waals surface area (Å²) < 4.78 is 32.3. The van der Waals surface area contributed by atoms with Crippen LogP contribution in [0.3, 0.4) is 0 Å². The molecule has 0 spiro atoms. The van der Waals surface area contributed by atoms with Crippen LogP contribution in [0.25, 0.3) is 10.8 Å². The van der Waals surface area contributed by atoms with Gasteiger partial charge in [-0.05, 0) is 36.1 Å². The van der Waals surface area contributed by atoms with Crippen molar-refractivity contribution in [3.05, 3.63) is 60.2 Å². The van der Waals surface area contributed by atoms with Crippen molar-refractivity contribution < 1.29 is 18.1 Å². The van der Waals surface area contributed by atoms with Crippen molar-refractivity contribution >= 4 is 32.3 Å². The maximum atomic E-state index is 11.5. The van der Waals surface area contributed by atoms with E-state index in [0.29, 0.717) is 10.9 Å². The lowest BCUT2D eigenvalue weighted by molar-refractivity contribution is 0.477. The molecule has 2 N–H and O–H groups in total. The molecule has 0 saturated carbocycles. The lowest BCUT2D eigenvalue weighted by atomic mass is 10.1. The summed E-state index contributed by atoms with van der Waals surface area (Å²) in [6, 6.07) is 15.0. The molecular formula is C17H14N2O4S. The number of aromatic hydroxyl groups is 1. The second kappa shape index (κ2) is 6.03. The number of hydrogen-bond acceptors (Lipinski definition) is 5. The van der Waals surface area contributed by atoms with Crippen molar-refractivity contribution in [2.45, 2.75) is 11.8 Å². The molecule has 0 aliphatic heterocycles. The summed E-state index contributed by atoms with van der Waals surface area (Å²) in [7, 11) is -4.43. The van der Waals surface area contributed by atoms with Gasteiger partial charge in [-0.2, -0.15) is 8.42 Å². The summed E-state index contributed by atoms with van der Waals surface area (Å²) in [4.78, 5) is -0.328. The minimum atomic E-state index is -4.43. The molecule has 122 valence electrons. The lowest BCUT2D eigenvalue weighted by Gasteiger charge is -2.05. The maximum Gasteiger partial charge on any atom is 0.296 e. The number of aryl methyl sites for hydroxylation is 1. The third-order valence-corrected chi connectivity index (χ3v) is 4.41. The predicted molar refractivity (Wildman–Crippen MR) is 90.8 cm³/mol. The molecule has 0 aliphatic rings. The van der Waals surface area contributed by atoms with Crippen LogP contribution in [0.2, 0.25) is 0 Å². The van der Waals surface area contributed by atoms with Gasteiger partial charge in [0.25, 0.3) is 10.1 Å². The van der Waals surface area contributed by atoms with Gasteiger partial charge in [-0.1, -0.05) is 36.4 Å². The van der Waals surface area contributed by atoms with Crippen LogP contribution in [0.15, 0.2) is 69.7 Å². The quantitative estimate of drug-likeness (QED) is 0.540. The second-order valence-electron chi connectivity index (χ2n) is 5.30. The SMILES string of the molecule is Cc1ccc(/N=N/c2c(O)ccc3ccccc23)c(S(=O)(=O)O)c1. The molecule has 7 heteroatoms. The number of phenolic OH excluding ortho intramolecular Hbond substituents is 1. The van der Waals surface area contributed by atoms with Gasteiger partial charge < -0.3 is 5.11 Å². The fourth-order valence-electron chi connectivity index (χ4n) is 2.36. The van der Waals surface area contributed by atoms with Gasteiger partial charge in [-0.25, -0.2) is 0 Å². The van der Waals surface area contributed by atoms with Gasteiger partial charge >= 0.3 is 0 Å². The van der Waals surface area contributed by atoms with Gasteiger partial charge in [0, 0.05) is 5.39 Å². The van der Waals surface area contributed by atoms with Crippen molar-refractivity contribution in [2.75, 3.05) is 0 Å². The standard InChI is InChI=1S/C17H14N2O4S/c1-11-6-8-14(16(10-11)24(21,22)23)18-19-17-13-5-3-2-4-12(13)7-9-15(17)20/h2-10,20H,1H3,(H,21,22,23)/b19-18+. The third-order valence-electron chi connectivity index (χ3n) is 3.53. The van der Waals surface area contributed by atoms with Crippen molar-refractivity contribution in [3.63, 3.8) is 0 Å². The summed E-state index contributed by atoms with van der Waals surface area (Å²) >= 11 is 0. The Morgan fingerprint density at radius 2 is 1.71 bits per heavy atom. The topological polar surface area (TPSA) is 99.3 Å². The summed E-state index contributed by atoms with van der Waals surface area (Å²) in [6.45, 7) is 1.70. The Bertz CT molecular complexity index is 1060. The van der Waals surface area contributed by atoms with E-state index in [-0.39, 0.29) is 22.0 Å². The minimum Gasteiger partial charge on any atom is -0.506 e. The molecule has 0 heterocycles. The largest absolute Gasteiger partial charge is 0.506 e. The average molecular weight is 342 g/mol. The number of fused-ring (bicyclic) bond motifs is 1. The molecule has 0 aliphatic carbocycles. The molecule has 0 radical (unpaired) electrons. The van der Waals surface area contributed by atoms with Gasteiger partial charge in [-0.3, -0.25) is 4.55 Å². The van der Waals surface area contributed by atoms with E-state index in [2.05, 4.69) is 10.2 Å². The highest BCUT2D eigenvalue weighted by atomic mass is 32.2. The molecule has 6 nitrogen and oxygen atoms in total. The molecule has 3 aromatic rings. The fraction of sp³-hybridized carbons (Fsp3) is 0.0588. The first-order valence-corrected chi connectivity index (χ1v) is 8.51. The first-order valence-electron chi connectivity index (χ1n) is 7.07. The normalized spacial score (nSPS) is 12.1. The highest BCUT2D eigenvalue weighted by Crippen LogP contribution is 2.36. The highest BCUT2D eigenvalue weighted by Gasteiger charge is 2.16. The number of azo groups is 1. The number of benzene rings is 3. The smallest absolute Gasteiger partial charge is 0.296 e. The number of nitrogens with zero attached hydrogens (tertiary/aromatic N) is 2.